The number of hydrogen-bond donors (Lipinski definition) is 2. The van der Waals surface area contributed by atoms with Gasteiger partial charge in [-0.3, -0.25) is 4.79 Å². The van der Waals surface area contributed by atoms with Crippen LogP contribution in [0.3, 0.4) is 0 Å². The van der Waals surface area contributed by atoms with Crippen LogP contribution in [0, 0.1) is 6.92 Å². The largest absolute Gasteiger partial charge is 0.416 e. The van der Waals surface area contributed by atoms with E-state index >= 15 is 0 Å². The SMILES string of the molecule is Cc1nn(-c2nc3ccccc3[nH]2)c2c1[C@H](c1ccccc1C(F)(F)F)CC(=O)N2. The third kappa shape index (κ3) is 2.85. The molecule has 4 aromatic rings. The van der Waals surface area contributed by atoms with Gasteiger partial charge < -0.3 is 10.3 Å². The van der Waals surface area contributed by atoms with Crippen LogP contribution in [0.15, 0.2) is 48.5 Å². The number of anilines is 1. The molecule has 0 saturated carbocycles. The van der Waals surface area contributed by atoms with Crippen LogP contribution < -0.4 is 5.32 Å². The predicted molar refractivity (Wildman–Crippen MR) is 104 cm³/mol. The topological polar surface area (TPSA) is 75.6 Å². The Labute approximate surface area is 168 Å². The van der Waals surface area contributed by atoms with Gasteiger partial charge in [0.25, 0.3) is 0 Å². The number of aromatic nitrogens is 4. The lowest BCUT2D eigenvalue weighted by Crippen LogP contribution is -2.26. The number of carbonyl (C=O) groups excluding carboxylic acids is 1. The standard InChI is InChI=1S/C21H16F3N5O/c1-11-18-13(12-6-2-3-7-14(12)21(22,23)24)10-17(30)27-19(18)29(28-11)20-25-15-8-4-5-9-16(15)26-20/h2-9,13H,10H2,1H3,(H,25,26)(H,27,30)/t13-/m0/s1. The van der Waals surface area contributed by atoms with Crippen molar-refractivity contribution < 1.29 is 18.0 Å². The minimum Gasteiger partial charge on any atom is -0.322 e. The Hall–Kier alpha value is -3.62. The average Bonchev–Trinajstić information content (AvgIpc) is 3.28. The molecule has 1 atom stereocenters. The van der Waals surface area contributed by atoms with E-state index in [4.69, 9.17) is 0 Å². The molecule has 5 rings (SSSR count). The van der Waals surface area contributed by atoms with E-state index in [2.05, 4.69) is 20.4 Å². The Bertz CT molecular complexity index is 1250. The lowest BCUT2D eigenvalue weighted by Gasteiger charge is -2.26. The summed E-state index contributed by atoms with van der Waals surface area (Å²) < 4.78 is 42.3. The number of nitrogens with one attached hydrogen (secondary N) is 2. The molecule has 30 heavy (non-hydrogen) atoms. The van der Waals surface area contributed by atoms with Crippen molar-refractivity contribution in [3.63, 3.8) is 0 Å². The van der Waals surface area contributed by atoms with Crippen molar-refractivity contribution in [1.82, 2.24) is 19.7 Å². The van der Waals surface area contributed by atoms with Gasteiger partial charge in [0, 0.05) is 17.9 Å². The van der Waals surface area contributed by atoms with Crippen LogP contribution in [-0.2, 0) is 11.0 Å². The molecule has 0 aliphatic carbocycles. The van der Waals surface area contributed by atoms with Crippen molar-refractivity contribution in [2.24, 2.45) is 0 Å². The van der Waals surface area contributed by atoms with Gasteiger partial charge in [0.05, 0.1) is 22.3 Å². The lowest BCUT2D eigenvalue weighted by molar-refractivity contribution is -0.138. The monoisotopic (exact) mass is 411 g/mol. The van der Waals surface area contributed by atoms with Crippen LogP contribution >= 0.6 is 0 Å². The molecule has 0 radical (unpaired) electrons. The van der Waals surface area contributed by atoms with Crippen LogP contribution in [0.4, 0.5) is 19.0 Å². The van der Waals surface area contributed by atoms with Crippen molar-refractivity contribution >= 4 is 22.8 Å². The fourth-order valence-corrected chi connectivity index (χ4v) is 4.06. The highest BCUT2D eigenvalue weighted by Gasteiger charge is 2.39. The molecule has 0 unspecified atom stereocenters. The smallest absolute Gasteiger partial charge is 0.322 e. The number of rotatable bonds is 2. The van der Waals surface area contributed by atoms with Crippen LogP contribution in [0.25, 0.3) is 17.0 Å². The van der Waals surface area contributed by atoms with Gasteiger partial charge in [-0.25, -0.2) is 4.98 Å². The summed E-state index contributed by atoms with van der Waals surface area (Å²) in [5.41, 5.74) is 1.92. The van der Waals surface area contributed by atoms with Gasteiger partial charge in [-0.15, -0.1) is 0 Å². The maximum Gasteiger partial charge on any atom is 0.416 e. The van der Waals surface area contributed by atoms with Gasteiger partial charge in [0.2, 0.25) is 11.9 Å². The van der Waals surface area contributed by atoms with Gasteiger partial charge in [-0.2, -0.15) is 23.0 Å². The summed E-state index contributed by atoms with van der Waals surface area (Å²) in [6.07, 6.45) is -4.61. The molecule has 0 saturated heterocycles. The number of carbonyl (C=O) groups is 1. The molecule has 0 bridgehead atoms. The van der Waals surface area contributed by atoms with Crippen LogP contribution in [0.2, 0.25) is 0 Å². The van der Waals surface area contributed by atoms with Crippen molar-refractivity contribution in [1.29, 1.82) is 0 Å². The molecule has 3 heterocycles. The molecular weight excluding hydrogens is 395 g/mol. The zero-order chi connectivity index (χ0) is 21.0. The molecule has 1 amide bonds. The van der Waals surface area contributed by atoms with Gasteiger partial charge in [-0.1, -0.05) is 30.3 Å². The highest BCUT2D eigenvalue weighted by atomic mass is 19.4. The molecule has 1 aliphatic rings. The zero-order valence-corrected chi connectivity index (χ0v) is 15.8. The first kappa shape index (κ1) is 18.4. The first-order valence-corrected chi connectivity index (χ1v) is 9.33. The van der Waals surface area contributed by atoms with Gasteiger partial charge in [0.15, 0.2) is 0 Å². The highest BCUT2D eigenvalue weighted by Crippen LogP contribution is 2.44. The van der Waals surface area contributed by atoms with E-state index in [0.29, 0.717) is 23.0 Å². The molecule has 6 nitrogen and oxygen atoms in total. The number of amides is 1. The summed E-state index contributed by atoms with van der Waals surface area (Å²) in [5, 5.41) is 7.26. The van der Waals surface area contributed by atoms with E-state index in [1.54, 1.807) is 13.0 Å². The fraction of sp³-hybridized carbons (Fsp3) is 0.190. The van der Waals surface area contributed by atoms with Crippen molar-refractivity contribution in [3.05, 3.63) is 70.9 Å². The number of H-pyrrole nitrogens is 1. The van der Waals surface area contributed by atoms with E-state index < -0.39 is 17.7 Å². The van der Waals surface area contributed by atoms with Crippen LogP contribution in [-0.4, -0.2) is 25.7 Å². The number of aryl methyl sites for hydroxylation is 1. The Kier molecular flexibility index (Phi) is 3.96. The van der Waals surface area contributed by atoms with Crippen molar-refractivity contribution in [2.45, 2.75) is 25.4 Å². The predicted octanol–water partition coefficient (Wildman–Crippen LogP) is 4.55. The maximum atomic E-state index is 13.6. The Morgan fingerprint density at radius 2 is 1.83 bits per heavy atom. The van der Waals surface area contributed by atoms with E-state index in [-0.39, 0.29) is 17.9 Å². The number of fused-ring (bicyclic) bond motifs is 2. The molecule has 0 fully saturated rings. The minimum absolute atomic E-state index is 0.0633. The number of alkyl halides is 3. The Balaban J connectivity index is 1.70. The summed E-state index contributed by atoms with van der Waals surface area (Å²) in [6.45, 7) is 1.72. The second kappa shape index (κ2) is 6.45. The summed E-state index contributed by atoms with van der Waals surface area (Å²) >= 11 is 0. The number of halogens is 3. The van der Waals surface area contributed by atoms with Crippen molar-refractivity contribution in [2.75, 3.05) is 5.32 Å². The van der Waals surface area contributed by atoms with Gasteiger partial charge in [-0.05, 0) is 30.7 Å². The Morgan fingerprint density at radius 3 is 2.60 bits per heavy atom. The molecule has 0 spiro atoms. The lowest BCUT2D eigenvalue weighted by atomic mass is 9.83. The van der Waals surface area contributed by atoms with Crippen molar-refractivity contribution in [3.8, 4) is 5.95 Å². The number of benzene rings is 2. The summed E-state index contributed by atoms with van der Waals surface area (Å²) in [6, 6.07) is 12.8. The molecular formula is C21H16F3N5O. The molecule has 1 aliphatic heterocycles. The number of para-hydroxylation sites is 2. The highest BCUT2D eigenvalue weighted by molar-refractivity contribution is 5.95. The Morgan fingerprint density at radius 1 is 1.10 bits per heavy atom. The summed E-state index contributed by atoms with van der Waals surface area (Å²) in [7, 11) is 0. The summed E-state index contributed by atoms with van der Waals surface area (Å²) in [5.74, 6) is -0.415. The van der Waals surface area contributed by atoms with E-state index in [9.17, 15) is 18.0 Å². The number of aromatic amines is 1. The average molecular weight is 411 g/mol. The van der Waals surface area contributed by atoms with Crippen LogP contribution in [0.1, 0.15) is 34.7 Å². The number of imidazole rings is 1. The third-order valence-electron chi connectivity index (χ3n) is 5.32. The molecule has 2 aromatic heterocycles. The zero-order valence-electron chi connectivity index (χ0n) is 15.8. The first-order valence-electron chi connectivity index (χ1n) is 9.33. The number of nitrogens with zero attached hydrogens (tertiary/aromatic N) is 3. The quantitative estimate of drug-likeness (QED) is 0.508. The second-order valence-electron chi connectivity index (χ2n) is 7.23. The van der Waals surface area contributed by atoms with Gasteiger partial charge >= 0.3 is 6.18 Å². The fourth-order valence-electron chi connectivity index (χ4n) is 4.06. The molecule has 2 aromatic carbocycles. The molecule has 9 heteroatoms. The minimum atomic E-state index is -4.52. The normalized spacial score (nSPS) is 16.5. The van der Waals surface area contributed by atoms with Crippen LogP contribution in [0.5, 0.6) is 0 Å². The number of hydrogen-bond acceptors (Lipinski definition) is 3. The van der Waals surface area contributed by atoms with Gasteiger partial charge in [0.1, 0.15) is 5.82 Å². The van der Waals surface area contributed by atoms with E-state index in [1.165, 1.54) is 16.8 Å². The van der Waals surface area contributed by atoms with E-state index in [0.717, 1.165) is 17.1 Å². The van der Waals surface area contributed by atoms with E-state index in [1.807, 2.05) is 24.3 Å². The third-order valence-corrected chi connectivity index (χ3v) is 5.32. The first-order chi connectivity index (χ1) is 14.3. The molecule has 152 valence electrons. The molecule has 2 N–H and O–H groups in total. The summed E-state index contributed by atoms with van der Waals surface area (Å²) in [4.78, 5) is 20.1. The second-order valence-corrected chi connectivity index (χ2v) is 7.23. The maximum absolute atomic E-state index is 13.6.